The van der Waals surface area contributed by atoms with Gasteiger partial charge in [-0.2, -0.15) is 4.98 Å². The van der Waals surface area contributed by atoms with Gasteiger partial charge in [-0.05, 0) is 50.1 Å². The van der Waals surface area contributed by atoms with E-state index in [1.165, 1.54) is 13.0 Å². The first-order chi connectivity index (χ1) is 19.8. The summed E-state index contributed by atoms with van der Waals surface area (Å²) in [6.45, 7) is -0.269. The van der Waals surface area contributed by atoms with Crippen LogP contribution in [0.1, 0.15) is 27.0 Å². The summed E-state index contributed by atoms with van der Waals surface area (Å²) in [5.74, 6) is -0.601. The van der Waals surface area contributed by atoms with Gasteiger partial charge in [0.2, 0.25) is 0 Å². The number of rotatable bonds is 11. The molecule has 5 N–H and O–H groups in total. The molecule has 12 nitrogen and oxygen atoms in total. The van der Waals surface area contributed by atoms with E-state index in [1.54, 1.807) is 38.1 Å². The van der Waals surface area contributed by atoms with Gasteiger partial charge in [0.25, 0.3) is 6.43 Å². The van der Waals surface area contributed by atoms with Crippen LogP contribution in [0.2, 0.25) is 0 Å². The number of carbonyl (C=O) groups is 1. The van der Waals surface area contributed by atoms with E-state index in [4.69, 9.17) is 36.1 Å². The van der Waals surface area contributed by atoms with E-state index >= 15 is 0 Å². The number of aromatic nitrogens is 2. The number of alkyl halides is 2. The Morgan fingerprint density at radius 2 is 1.90 bits per heavy atom. The van der Waals surface area contributed by atoms with Crippen molar-refractivity contribution in [1.82, 2.24) is 14.6 Å². The van der Waals surface area contributed by atoms with Crippen molar-refractivity contribution in [3.8, 4) is 5.75 Å². The number of nitrogens with zero attached hydrogens (tertiary/aromatic N) is 2. The minimum absolute atomic E-state index is 0.143. The van der Waals surface area contributed by atoms with Crippen molar-refractivity contribution in [2.24, 2.45) is 0 Å². The predicted octanol–water partition coefficient (Wildman–Crippen LogP) is 2.48. The monoisotopic (exact) mass is 628 g/mol. The van der Waals surface area contributed by atoms with Crippen molar-refractivity contribution in [2.45, 2.75) is 63.4 Å². The Labute approximate surface area is 244 Å². The van der Waals surface area contributed by atoms with E-state index in [2.05, 4.69) is 10.1 Å². The fourth-order valence-corrected chi connectivity index (χ4v) is 6.74. The topological polar surface area (TPSA) is 167 Å². The zero-order valence-corrected chi connectivity index (χ0v) is 24.5. The van der Waals surface area contributed by atoms with Gasteiger partial charge in [-0.3, -0.25) is 9.36 Å². The van der Waals surface area contributed by atoms with Gasteiger partial charge in [0, 0.05) is 11.6 Å². The molecule has 2 aromatic carbocycles. The van der Waals surface area contributed by atoms with Crippen molar-refractivity contribution in [1.29, 1.82) is 0 Å². The summed E-state index contributed by atoms with van der Waals surface area (Å²) in [6, 6.07) is 12.4. The number of hydrogen-bond donors (Lipinski definition) is 4. The quantitative estimate of drug-likeness (QED) is 0.181. The number of hydrogen-bond acceptors (Lipinski definition) is 11. The zero-order valence-electron chi connectivity index (χ0n) is 22.8. The molecule has 42 heavy (non-hydrogen) atoms. The largest absolute Gasteiger partial charge is 0.462 e. The highest BCUT2D eigenvalue weighted by molar-refractivity contribution is 8.09. The Bertz CT molecular complexity index is 1540. The normalized spacial score (nSPS) is 24.5. The molecule has 1 saturated heterocycles. The number of nitrogens with one attached hydrogen (secondary N) is 1. The first-order valence-corrected chi connectivity index (χ1v) is 15.5. The van der Waals surface area contributed by atoms with Gasteiger partial charge in [0.05, 0.1) is 12.7 Å². The van der Waals surface area contributed by atoms with Gasteiger partial charge in [0.15, 0.2) is 11.8 Å². The lowest BCUT2D eigenvalue weighted by Gasteiger charge is -2.34. The molecule has 0 radical (unpaired) electrons. The number of ether oxygens (including phenoxy) is 2. The van der Waals surface area contributed by atoms with Crippen LogP contribution in [-0.2, 0) is 30.6 Å². The van der Waals surface area contributed by atoms with Gasteiger partial charge < -0.3 is 34.5 Å². The number of nitrogens with two attached hydrogens (primary N) is 1. The molecule has 1 aliphatic heterocycles. The van der Waals surface area contributed by atoms with E-state index in [0.29, 0.717) is 5.39 Å². The summed E-state index contributed by atoms with van der Waals surface area (Å²) in [6.07, 6.45) is -8.79. The van der Waals surface area contributed by atoms with Crippen LogP contribution in [0.3, 0.4) is 0 Å². The number of halogens is 2. The van der Waals surface area contributed by atoms with E-state index in [0.717, 1.165) is 16.2 Å². The summed E-state index contributed by atoms with van der Waals surface area (Å²) in [5.41, 5.74) is 1.63. The van der Waals surface area contributed by atoms with Crippen molar-refractivity contribution >= 4 is 41.0 Å². The molecule has 0 aliphatic carbocycles. The standard InChI is InChI=1S/C26H31F2N4O8PS/c1-14(2)38-23(35)15(3)31-41(42,40-18-10-6-8-16-7-4-5-9-17(16)18)37-13-26(24(27)28)21(34)20(33)22(39-26)32-12-11-19(29)30-25(32)36/h4-12,14-15,20-22,24,33-34H,13H2,1-3H3,(H,31,42)(H2,29,30,36)/t15-,20+,21-,22+,26+,41?/m0/s1. The van der Waals surface area contributed by atoms with Gasteiger partial charge in [-0.15, -0.1) is 0 Å². The Kier molecular flexibility index (Phi) is 9.62. The zero-order chi connectivity index (χ0) is 30.8. The molecular formula is C26H31F2N4O8PS. The van der Waals surface area contributed by atoms with Crippen LogP contribution in [0.25, 0.3) is 10.8 Å². The highest BCUT2D eigenvalue weighted by Crippen LogP contribution is 2.50. The van der Waals surface area contributed by atoms with E-state index in [9.17, 15) is 28.6 Å². The molecule has 16 heteroatoms. The van der Waals surface area contributed by atoms with Crippen molar-refractivity contribution in [3.05, 3.63) is 65.2 Å². The first-order valence-electron chi connectivity index (χ1n) is 12.8. The lowest BCUT2D eigenvalue weighted by molar-refractivity contribution is -0.192. The van der Waals surface area contributed by atoms with Crippen LogP contribution in [0, 0.1) is 0 Å². The van der Waals surface area contributed by atoms with Crippen LogP contribution in [0.15, 0.2) is 59.5 Å². The number of benzene rings is 2. The lowest BCUT2D eigenvalue weighted by Crippen LogP contribution is -2.53. The predicted molar refractivity (Wildman–Crippen MR) is 152 cm³/mol. The number of fused-ring (bicyclic) bond motifs is 1. The third-order valence-electron chi connectivity index (χ3n) is 6.44. The smallest absolute Gasteiger partial charge is 0.351 e. The number of anilines is 1. The SMILES string of the molecule is CC(C)OC(=O)[C@H](C)NP(=S)(OC[C@@]1(C(F)F)O[C@@H](n2ccc(N)nc2=O)[C@H](O)[C@@H]1O)Oc1cccc2ccccc12. The second-order valence-corrected chi connectivity index (χ2v) is 13.1. The summed E-state index contributed by atoms with van der Waals surface area (Å²) in [4.78, 5) is 28.4. The van der Waals surface area contributed by atoms with Crippen LogP contribution in [-0.4, -0.2) is 68.7 Å². The summed E-state index contributed by atoms with van der Waals surface area (Å²) in [7, 11) is 0. The minimum Gasteiger partial charge on any atom is -0.462 e. The highest BCUT2D eigenvalue weighted by atomic mass is 32.5. The maximum absolute atomic E-state index is 14.7. The maximum atomic E-state index is 14.7. The van der Waals surface area contributed by atoms with Crippen LogP contribution >= 0.6 is 6.64 Å². The fourth-order valence-electron chi connectivity index (χ4n) is 4.32. The van der Waals surface area contributed by atoms with Crippen LogP contribution in [0.4, 0.5) is 14.6 Å². The summed E-state index contributed by atoms with van der Waals surface area (Å²) >= 11 is 5.68. The molecule has 4 rings (SSSR count). The Morgan fingerprint density at radius 3 is 2.57 bits per heavy atom. The van der Waals surface area contributed by atoms with Gasteiger partial charge in [-0.25, -0.2) is 18.7 Å². The highest BCUT2D eigenvalue weighted by Gasteiger charge is 2.61. The second kappa shape index (κ2) is 12.7. The van der Waals surface area contributed by atoms with Gasteiger partial charge in [-0.1, -0.05) is 36.4 Å². The summed E-state index contributed by atoms with van der Waals surface area (Å²) < 4.78 is 52.6. The number of aliphatic hydroxyl groups excluding tert-OH is 2. The average molecular weight is 629 g/mol. The van der Waals surface area contributed by atoms with Crippen LogP contribution < -0.4 is 21.0 Å². The molecular weight excluding hydrogens is 597 g/mol. The minimum atomic E-state index is -3.91. The molecule has 1 unspecified atom stereocenters. The maximum Gasteiger partial charge on any atom is 0.351 e. The number of carbonyl (C=O) groups excluding carboxylic acids is 1. The number of aliphatic hydroxyl groups is 2. The van der Waals surface area contributed by atoms with Gasteiger partial charge >= 0.3 is 18.3 Å². The molecule has 1 fully saturated rings. The number of esters is 1. The molecule has 0 amide bonds. The lowest BCUT2D eigenvalue weighted by atomic mass is 9.96. The third-order valence-corrected chi connectivity index (χ3v) is 8.90. The molecule has 3 aromatic rings. The second-order valence-electron chi connectivity index (χ2n) is 9.92. The summed E-state index contributed by atoms with van der Waals surface area (Å²) in [5, 5.41) is 25.6. The number of nitrogen functional groups attached to an aromatic ring is 1. The fraction of sp³-hybridized carbons (Fsp3) is 0.423. The van der Waals surface area contributed by atoms with E-state index in [-0.39, 0.29) is 11.6 Å². The molecule has 0 saturated carbocycles. The first kappa shape index (κ1) is 31.9. The van der Waals surface area contributed by atoms with E-state index < -0.39 is 67.5 Å². The van der Waals surface area contributed by atoms with E-state index in [1.807, 2.05) is 18.2 Å². The van der Waals surface area contributed by atoms with Crippen molar-refractivity contribution in [2.75, 3.05) is 12.3 Å². The molecule has 0 bridgehead atoms. The average Bonchev–Trinajstić information content (AvgIpc) is 3.18. The van der Waals surface area contributed by atoms with Crippen molar-refractivity contribution < 1.29 is 42.3 Å². The molecule has 228 valence electrons. The Morgan fingerprint density at radius 1 is 1.21 bits per heavy atom. The molecule has 2 heterocycles. The third kappa shape index (κ3) is 6.62. The Balaban J connectivity index is 1.67. The molecule has 6 atom stereocenters. The van der Waals surface area contributed by atoms with Gasteiger partial charge in [0.1, 0.15) is 29.8 Å². The molecule has 0 spiro atoms. The Hall–Kier alpha value is -3.04. The molecule has 1 aliphatic rings. The molecule has 1 aromatic heterocycles. The van der Waals surface area contributed by atoms with Crippen LogP contribution in [0.5, 0.6) is 5.75 Å². The van der Waals surface area contributed by atoms with Crippen molar-refractivity contribution in [3.63, 3.8) is 0 Å².